The maximum Gasteiger partial charge on any atom is 0.304 e. The molecule has 0 radical (unpaired) electrons. The van der Waals surface area contributed by atoms with Crippen molar-refractivity contribution < 1.29 is 9.90 Å². The van der Waals surface area contributed by atoms with Gasteiger partial charge in [0.15, 0.2) is 0 Å². The zero-order valence-corrected chi connectivity index (χ0v) is 6.79. The fraction of sp³-hybridized carbons (Fsp3) is 0.833. The van der Waals surface area contributed by atoms with E-state index in [2.05, 4.69) is 0 Å². The number of hydrogen-bond donors (Lipinski definition) is 2. The van der Waals surface area contributed by atoms with Gasteiger partial charge >= 0.3 is 5.97 Å². The Hall–Kier alpha value is -0.610. The largest absolute Gasteiger partial charge is 0.481 e. The van der Waals surface area contributed by atoms with Crippen LogP contribution in [0.15, 0.2) is 0 Å². The third kappa shape index (κ3) is 15.7. The van der Waals surface area contributed by atoms with E-state index in [4.69, 9.17) is 10.9 Å². The molecule has 0 unspecified atom stereocenters. The predicted octanol–water partition coefficient (Wildman–Crippen LogP) is 0.293. The van der Waals surface area contributed by atoms with Gasteiger partial charge in [0.1, 0.15) is 0 Å². The first-order valence-electron chi connectivity index (χ1n) is 3.30. The van der Waals surface area contributed by atoms with E-state index in [1.807, 2.05) is 13.8 Å². The topological polar surface area (TPSA) is 66.6 Å². The number of carboxylic acid groups (broad SMARTS) is 1. The Morgan fingerprint density at radius 2 is 2.00 bits per heavy atom. The molecule has 0 fully saturated rings. The number of carboxylic acids is 1. The van der Waals surface area contributed by atoms with Gasteiger partial charge in [0.2, 0.25) is 0 Å². The van der Waals surface area contributed by atoms with E-state index in [0.29, 0.717) is 6.54 Å². The van der Waals surface area contributed by atoms with Crippen molar-refractivity contribution in [3.8, 4) is 0 Å². The van der Waals surface area contributed by atoms with Gasteiger partial charge in [0, 0.05) is 13.6 Å². The van der Waals surface area contributed by atoms with Gasteiger partial charge < -0.3 is 5.11 Å². The second-order valence-electron chi connectivity index (χ2n) is 1.62. The molecule has 4 heteroatoms. The SMILES string of the molecule is CC.CN(N)CCC(=O)O. The first-order valence-corrected chi connectivity index (χ1v) is 3.30. The van der Waals surface area contributed by atoms with E-state index in [0.717, 1.165) is 0 Å². The molecule has 0 aliphatic heterocycles. The summed E-state index contributed by atoms with van der Waals surface area (Å²) in [5.41, 5.74) is 0. The number of carbonyl (C=O) groups is 1. The van der Waals surface area contributed by atoms with Crippen LogP contribution in [0, 0.1) is 0 Å². The molecular formula is C6H16N2O2. The van der Waals surface area contributed by atoms with Crippen LogP contribution in [0.25, 0.3) is 0 Å². The summed E-state index contributed by atoms with van der Waals surface area (Å²) < 4.78 is 0. The maximum atomic E-state index is 9.82. The molecule has 0 spiro atoms. The van der Waals surface area contributed by atoms with Crippen molar-refractivity contribution in [1.82, 2.24) is 5.01 Å². The number of rotatable bonds is 3. The van der Waals surface area contributed by atoms with E-state index < -0.39 is 5.97 Å². The Bertz CT molecular complexity index is 83.8. The molecule has 10 heavy (non-hydrogen) atoms. The number of aliphatic carboxylic acids is 1. The van der Waals surface area contributed by atoms with Crippen molar-refractivity contribution in [3.63, 3.8) is 0 Å². The van der Waals surface area contributed by atoms with Crippen LogP contribution in [-0.4, -0.2) is 29.7 Å². The highest BCUT2D eigenvalue weighted by atomic mass is 16.4. The fourth-order valence-electron chi connectivity index (χ4n) is 0.272. The minimum Gasteiger partial charge on any atom is -0.481 e. The molecule has 0 saturated heterocycles. The van der Waals surface area contributed by atoms with Crippen molar-refractivity contribution >= 4 is 5.97 Å². The fourth-order valence-corrected chi connectivity index (χ4v) is 0.272. The monoisotopic (exact) mass is 148 g/mol. The molecule has 0 amide bonds. The third-order valence-corrected chi connectivity index (χ3v) is 0.678. The molecule has 62 valence electrons. The average molecular weight is 148 g/mol. The molecule has 0 heterocycles. The molecule has 0 aliphatic rings. The van der Waals surface area contributed by atoms with Gasteiger partial charge in [0.05, 0.1) is 6.42 Å². The normalized spacial score (nSPS) is 8.50. The second kappa shape index (κ2) is 8.39. The molecule has 0 aliphatic carbocycles. The highest BCUT2D eigenvalue weighted by Gasteiger charge is 1.95. The van der Waals surface area contributed by atoms with Crippen LogP contribution in [0.3, 0.4) is 0 Å². The maximum absolute atomic E-state index is 9.82. The predicted molar refractivity (Wildman–Crippen MR) is 40.4 cm³/mol. The van der Waals surface area contributed by atoms with Crippen LogP contribution in [0.4, 0.5) is 0 Å². The van der Waals surface area contributed by atoms with Crippen LogP contribution in [0.5, 0.6) is 0 Å². The molecular weight excluding hydrogens is 132 g/mol. The highest BCUT2D eigenvalue weighted by molar-refractivity contribution is 5.66. The first kappa shape index (κ1) is 12.1. The van der Waals surface area contributed by atoms with Gasteiger partial charge in [-0.15, -0.1) is 0 Å². The van der Waals surface area contributed by atoms with E-state index in [1.165, 1.54) is 5.01 Å². The quantitative estimate of drug-likeness (QED) is 0.446. The Labute approximate surface area is 61.6 Å². The van der Waals surface area contributed by atoms with Gasteiger partial charge in [-0.2, -0.15) is 0 Å². The molecule has 0 atom stereocenters. The Morgan fingerprint density at radius 3 is 2.10 bits per heavy atom. The van der Waals surface area contributed by atoms with Gasteiger partial charge in [-0.25, -0.2) is 5.01 Å². The van der Waals surface area contributed by atoms with Crippen LogP contribution >= 0.6 is 0 Å². The highest BCUT2D eigenvalue weighted by Crippen LogP contribution is 1.78. The Kier molecular flexibility index (Phi) is 10.2. The minimum atomic E-state index is -0.817. The zero-order valence-electron chi connectivity index (χ0n) is 6.79. The first-order chi connectivity index (χ1) is 4.63. The lowest BCUT2D eigenvalue weighted by atomic mass is 10.4. The number of hydrogen-bond acceptors (Lipinski definition) is 3. The van der Waals surface area contributed by atoms with Crippen LogP contribution in [0.1, 0.15) is 20.3 Å². The van der Waals surface area contributed by atoms with Gasteiger partial charge in [0.25, 0.3) is 0 Å². The van der Waals surface area contributed by atoms with Gasteiger partial charge in [-0.3, -0.25) is 10.6 Å². The van der Waals surface area contributed by atoms with Crippen molar-refractivity contribution in [2.24, 2.45) is 5.84 Å². The summed E-state index contributed by atoms with van der Waals surface area (Å²) in [6.45, 7) is 4.40. The number of nitrogens with two attached hydrogens (primary N) is 1. The average Bonchev–Trinajstić information content (AvgIpc) is 1.89. The summed E-state index contributed by atoms with van der Waals surface area (Å²) >= 11 is 0. The molecule has 0 aromatic heterocycles. The Balaban J connectivity index is 0. The lowest BCUT2D eigenvalue weighted by Crippen LogP contribution is -2.28. The molecule has 4 nitrogen and oxygen atoms in total. The van der Waals surface area contributed by atoms with Crippen LogP contribution < -0.4 is 5.84 Å². The van der Waals surface area contributed by atoms with Gasteiger partial charge in [-0.1, -0.05) is 13.8 Å². The Morgan fingerprint density at radius 1 is 1.60 bits per heavy atom. The van der Waals surface area contributed by atoms with Gasteiger partial charge in [-0.05, 0) is 0 Å². The van der Waals surface area contributed by atoms with E-state index >= 15 is 0 Å². The molecule has 0 bridgehead atoms. The summed E-state index contributed by atoms with van der Waals surface area (Å²) in [4.78, 5) is 9.82. The van der Waals surface area contributed by atoms with Crippen LogP contribution in [0.2, 0.25) is 0 Å². The van der Waals surface area contributed by atoms with E-state index in [9.17, 15) is 4.79 Å². The number of hydrazine groups is 1. The summed E-state index contributed by atoms with van der Waals surface area (Å²) in [5, 5.41) is 9.42. The minimum absolute atomic E-state index is 0.104. The van der Waals surface area contributed by atoms with Crippen molar-refractivity contribution in [2.75, 3.05) is 13.6 Å². The molecule has 0 aromatic rings. The summed E-state index contributed by atoms with van der Waals surface area (Å²) in [6.07, 6.45) is 0.104. The lowest BCUT2D eigenvalue weighted by Gasteiger charge is -2.04. The van der Waals surface area contributed by atoms with Crippen molar-refractivity contribution in [2.45, 2.75) is 20.3 Å². The van der Waals surface area contributed by atoms with E-state index in [1.54, 1.807) is 7.05 Å². The number of nitrogens with zero attached hydrogens (tertiary/aromatic N) is 1. The third-order valence-electron chi connectivity index (χ3n) is 0.678. The second-order valence-corrected chi connectivity index (χ2v) is 1.62. The van der Waals surface area contributed by atoms with E-state index in [-0.39, 0.29) is 6.42 Å². The van der Waals surface area contributed by atoms with Crippen molar-refractivity contribution in [3.05, 3.63) is 0 Å². The molecule has 0 rings (SSSR count). The molecule has 0 aromatic carbocycles. The smallest absolute Gasteiger partial charge is 0.304 e. The zero-order chi connectivity index (χ0) is 8.57. The summed E-state index contributed by atoms with van der Waals surface area (Å²) in [7, 11) is 1.63. The lowest BCUT2D eigenvalue weighted by molar-refractivity contribution is -0.137. The molecule has 3 N–H and O–H groups in total. The van der Waals surface area contributed by atoms with Crippen LogP contribution in [-0.2, 0) is 4.79 Å². The summed E-state index contributed by atoms with van der Waals surface area (Å²) in [5.74, 6) is 4.29. The summed E-state index contributed by atoms with van der Waals surface area (Å²) in [6, 6.07) is 0. The van der Waals surface area contributed by atoms with Crippen molar-refractivity contribution in [1.29, 1.82) is 0 Å². The standard InChI is InChI=1S/C4H10N2O2.C2H6/c1-6(5)3-2-4(7)8;1-2/h2-3,5H2,1H3,(H,7,8);1-2H3. The molecule has 0 saturated carbocycles.